The first-order valence-electron chi connectivity index (χ1n) is 8.17. The molecule has 0 saturated heterocycles. The number of ether oxygens (including phenoxy) is 1. The number of hydrogen-bond acceptors (Lipinski definition) is 6. The molecule has 0 spiro atoms. The quantitative estimate of drug-likeness (QED) is 0.527. The molecule has 0 amide bonds. The molecule has 0 unspecified atom stereocenters. The number of fused-ring (bicyclic) bond motifs is 1. The number of pyridine rings is 2. The van der Waals surface area contributed by atoms with Gasteiger partial charge in [0.2, 0.25) is 11.7 Å². The molecule has 8 heteroatoms. The van der Waals surface area contributed by atoms with Gasteiger partial charge in [0.05, 0.1) is 6.61 Å². The zero-order chi connectivity index (χ0) is 17.9. The van der Waals surface area contributed by atoms with Gasteiger partial charge in [0, 0.05) is 37.6 Å². The van der Waals surface area contributed by atoms with Crippen LogP contribution >= 0.6 is 0 Å². The summed E-state index contributed by atoms with van der Waals surface area (Å²) >= 11 is 0. The molecule has 0 fully saturated rings. The second kappa shape index (κ2) is 6.93. The summed E-state index contributed by atoms with van der Waals surface area (Å²) in [4.78, 5) is 21.4. The second-order valence-electron chi connectivity index (χ2n) is 5.78. The van der Waals surface area contributed by atoms with Gasteiger partial charge in [-0.05, 0) is 24.3 Å². The third kappa shape index (κ3) is 3.02. The maximum absolute atomic E-state index is 12.9. The van der Waals surface area contributed by atoms with Crippen LogP contribution in [0.4, 0.5) is 0 Å². The van der Waals surface area contributed by atoms with Crippen LogP contribution in [0.1, 0.15) is 5.89 Å². The minimum Gasteiger partial charge on any atom is -0.383 e. The molecule has 0 atom stereocenters. The van der Waals surface area contributed by atoms with Crippen LogP contribution in [-0.4, -0.2) is 38.0 Å². The van der Waals surface area contributed by atoms with Gasteiger partial charge in [-0.1, -0.05) is 11.2 Å². The van der Waals surface area contributed by atoms with Gasteiger partial charge in [0.15, 0.2) is 0 Å². The van der Waals surface area contributed by atoms with Crippen LogP contribution in [-0.2, 0) is 17.8 Å². The number of nitrogens with zero attached hydrogens (tertiary/aromatic N) is 5. The Kier molecular flexibility index (Phi) is 4.32. The van der Waals surface area contributed by atoms with Crippen LogP contribution in [0.15, 0.2) is 58.2 Å². The van der Waals surface area contributed by atoms with Gasteiger partial charge < -0.3 is 18.4 Å². The lowest BCUT2D eigenvalue weighted by Crippen LogP contribution is -2.22. The lowest BCUT2D eigenvalue weighted by atomic mass is 10.3. The minimum atomic E-state index is -0.110. The summed E-state index contributed by atoms with van der Waals surface area (Å²) in [6.07, 6.45) is 5.29. The highest BCUT2D eigenvalue weighted by Gasteiger charge is 2.13. The summed E-state index contributed by atoms with van der Waals surface area (Å²) in [5.41, 5.74) is 1.15. The van der Waals surface area contributed by atoms with Crippen molar-refractivity contribution in [1.29, 1.82) is 0 Å². The van der Waals surface area contributed by atoms with Gasteiger partial charge in [-0.25, -0.2) is 0 Å². The van der Waals surface area contributed by atoms with E-state index >= 15 is 0 Å². The topological polar surface area (TPSA) is 88.0 Å². The molecule has 0 N–H and O–H groups in total. The highest BCUT2D eigenvalue weighted by Crippen LogP contribution is 2.14. The van der Waals surface area contributed by atoms with E-state index in [0.717, 1.165) is 5.39 Å². The summed E-state index contributed by atoms with van der Waals surface area (Å²) in [7, 11) is 1.64. The van der Waals surface area contributed by atoms with Gasteiger partial charge in [-0.15, -0.1) is 0 Å². The van der Waals surface area contributed by atoms with Crippen molar-refractivity contribution in [2.24, 2.45) is 0 Å². The molecule has 0 bridgehead atoms. The Morgan fingerprint density at radius 2 is 2.00 bits per heavy atom. The van der Waals surface area contributed by atoms with E-state index in [1.807, 2.05) is 35.0 Å². The van der Waals surface area contributed by atoms with E-state index < -0.39 is 0 Å². The van der Waals surface area contributed by atoms with E-state index in [1.165, 1.54) is 0 Å². The Balaban J connectivity index is 1.64. The summed E-state index contributed by atoms with van der Waals surface area (Å²) in [5, 5.41) is 4.83. The van der Waals surface area contributed by atoms with Gasteiger partial charge in [0.25, 0.3) is 5.56 Å². The molecule has 8 nitrogen and oxygen atoms in total. The smallest absolute Gasteiger partial charge is 0.275 e. The predicted octanol–water partition coefficient (Wildman–Crippen LogP) is 1.94. The fourth-order valence-corrected chi connectivity index (χ4v) is 2.81. The second-order valence-corrected chi connectivity index (χ2v) is 5.78. The molecule has 0 aliphatic heterocycles. The molecular formula is C18H17N5O3. The van der Waals surface area contributed by atoms with Crippen molar-refractivity contribution < 1.29 is 9.26 Å². The van der Waals surface area contributed by atoms with Crippen LogP contribution in [0, 0.1) is 0 Å². The van der Waals surface area contributed by atoms with Crippen molar-refractivity contribution in [1.82, 2.24) is 24.3 Å². The van der Waals surface area contributed by atoms with E-state index in [9.17, 15) is 4.79 Å². The Labute approximate surface area is 148 Å². The molecule has 4 aromatic heterocycles. The molecule has 0 radical (unpaired) electrons. The third-order valence-corrected chi connectivity index (χ3v) is 4.10. The van der Waals surface area contributed by atoms with Crippen molar-refractivity contribution in [3.05, 3.63) is 65.2 Å². The lowest BCUT2D eigenvalue weighted by Gasteiger charge is -2.06. The first-order valence-corrected chi connectivity index (χ1v) is 8.17. The highest BCUT2D eigenvalue weighted by atomic mass is 16.5. The molecule has 4 heterocycles. The predicted molar refractivity (Wildman–Crippen MR) is 94.7 cm³/mol. The molecule has 4 rings (SSSR count). The molecule has 0 aliphatic carbocycles. The average Bonchev–Trinajstić information content (AvgIpc) is 3.30. The Hall–Kier alpha value is -3.26. The summed E-state index contributed by atoms with van der Waals surface area (Å²) in [6, 6.07) is 9.29. The number of rotatable bonds is 6. The number of aromatic nitrogens is 5. The Bertz CT molecular complexity index is 1080. The monoisotopic (exact) mass is 351 g/mol. The SMILES string of the molecule is COCCn1ccc2ccn(Cc3nc(-c4ccccn4)no3)c(=O)c21. The molecule has 26 heavy (non-hydrogen) atoms. The highest BCUT2D eigenvalue weighted by molar-refractivity contribution is 5.78. The molecule has 4 aromatic rings. The zero-order valence-corrected chi connectivity index (χ0v) is 14.2. The van der Waals surface area contributed by atoms with Crippen LogP contribution in [0.25, 0.3) is 22.4 Å². The maximum Gasteiger partial charge on any atom is 0.275 e. The van der Waals surface area contributed by atoms with Crippen molar-refractivity contribution in [2.75, 3.05) is 13.7 Å². The fraction of sp³-hybridized carbons (Fsp3) is 0.222. The molecule has 0 aromatic carbocycles. The van der Waals surface area contributed by atoms with Crippen molar-refractivity contribution in [3.63, 3.8) is 0 Å². The maximum atomic E-state index is 12.9. The van der Waals surface area contributed by atoms with E-state index in [2.05, 4.69) is 15.1 Å². The minimum absolute atomic E-state index is 0.110. The standard InChI is InChI=1S/C18H17N5O3/c1-25-11-10-22-8-5-13-6-9-23(18(24)16(13)22)12-15-20-17(21-26-15)14-4-2-3-7-19-14/h2-9H,10-12H2,1H3. The average molecular weight is 351 g/mol. The largest absolute Gasteiger partial charge is 0.383 e. The van der Waals surface area contributed by atoms with Crippen molar-refractivity contribution in [2.45, 2.75) is 13.1 Å². The van der Waals surface area contributed by atoms with Crippen LogP contribution < -0.4 is 5.56 Å². The molecule has 0 saturated carbocycles. The van der Waals surface area contributed by atoms with Crippen LogP contribution in [0.2, 0.25) is 0 Å². The van der Waals surface area contributed by atoms with Crippen molar-refractivity contribution in [3.8, 4) is 11.5 Å². The summed E-state index contributed by atoms with van der Waals surface area (Å²) < 4.78 is 13.8. The fourth-order valence-electron chi connectivity index (χ4n) is 2.81. The van der Waals surface area contributed by atoms with E-state index in [-0.39, 0.29) is 12.1 Å². The van der Waals surface area contributed by atoms with Crippen LogP contribution in [0.5, 0.6) is 0 Å². The van der Waals surface area contributed by atoms with Gasteiger partial charge >= 0.3 is 0 Å². The normalized spacial score (nSPS) is 11.3. The lowest BCUT2D eigenvalue weighted by molar-refractivity contribution is 0.188. The number of hydrogen-bond donors (Lipinski definition) is 0. The first kappa shape index (κ1) is 16.2. The van der Waals surface area contributed by atoms with E-state index in [1.54, 1.807) is 30.1 Å². The summed E-state index contributed by atoms with van der Waals surface area (Å²) in [6.45, 7) is 1.35. The van der Waals surface area contributed by atoms with Gasteiger partial charge in [0.1, 0.15) is 17.8 Å². The third-order valence-electron chi connectivity index (χ3n) is 4.10. The molecule has 0 aliphatic rings. The Morgan fingerprint density at radius 3 is 2.77 bits per heavy atom. The van der Waals surface area contributed by atoms with E-state index in [4.69, 9.17) is 9.26 Å². The van der Waals surface area contributed by atoms with Crippen molar-refractivity contribution >= 4 is 10.9 Å². The molecular weight excluding hydrogens is 334 g/mol. The van der Waals surface area contributed by atoms with Gasteiger partial charge in [-0.2, -0.15) is 4.98 Å². The number of methoxy groups -OCH3 is 1. The molecule has 132 valence electrons. The Morgan fingerprint density at radius 1 is 1.15 bits per heavy atom. The zero-order valence-electron chi connectivity index (χ0n) is 14.2. The van der Waals surface area contributed by atoms with E-state index in [0.29, 0.717) is 36.1 Å². The first-order chi connectivity index (χ1) is 12.8. The van der Waals surface area contributed by atoms with Crippen LogP contribution in [0.3, 0.4) is 0 Å². The van der Waals surface area contributed by atoms with Gasteiger partial charge in [-0.3, -0.25) is 9.78 Å². The summed E-state index contributed by atoms with van der Waals surface area (Å²) in [5.74, 6) is 0.750.